The van der Waals surface area contributed by atoms with Gasteiger partial charge in [0, 0.05) is 0 Å². The van der Waals surface area contributed by atoms with Crippen molar-refractivity contribution in [1.82, 2.24) is 0 Å². The molecule has 1 aromatic rings. The molecule has 0 heterocycles. The molecule has 0 aliphatic heterocycles. The van der Waals surface area contributed by atoms with Crippen LogP contribution < -0.4 is 25.3 Å². The number of benzene rings is 1. The minimum absolute atomic E-state index is 0.303. The van der Waals surface area contributed by atoms with Crippen LogP contribution in [0.25, 0.3) is 0 Å². The summed E-state index contributed by atoms with van der Waals surface area (Å²) in [6, 6.07) is 8.19. The topological polar surface area (TPSA) is 55.0 Å². The number of rotatable bonds is 7. The van der Waals surface area contributed by atoms with Gasteiger partial charge in [-0.15, -0.1) is 5.46 Å². The van der Waals surface area contributed by atoms with E-state index in [4.69, 9.17) is 0 Å². The van der Waals surface area contributed by atoms with Crippen LogP contribution in [-0.2, 0) is 0 Å². The molecule has 0 amide bonds. The summed E-state index contributed by atoms with van der Waals surface area (Å²) in [7, 11) is -1.84. The minimum atomic E-state index is -1.84. The summed E-state index contributed by atoms with van der Waals surface area (Å²) in [5, 5.41) is 20.3. The molecule has 0 fully saturated rings. The van der Waals surface area contributed by atoms with Crippen LogP contribution >= 0.6 is 0 Å². The summed E-state index contributed by atoms with van der Waals surface area (Å²) in [6.45, 7) is 21.0. The molecule has 4 nitrogen and oxygen atoms in total. The van der Waals surface area contributed by atoms with Crippen LogP contribution in [0.5, 0.6) is 0 Å². The van der Waals surface area contributed by atoms with E-state index in [2.05, 4.69) is 41.5 Å². The summed E-state index contributed by atoms with van der Waals surface area (Å²) in [5.74, 6) is 0. The second-order valence-electron chi connectivity index (χ2n) is 5.36. The van der Waals surface area contributed by atoms with Gasteiger partial charge in [0.1, 0.15) is 0 Å². The predicted octanol–water partition coefficient (Wildman–Crippen LogP) is -2.04. The van der Waals surface area contributed by atoms with E-state index in [1.807, 2.05) is 0 Å². The van der Waals surface area contributed by atoms with Crippen LogP contribution in [0.3, 0.4) is 0 Å². The van der Waals surface area contributed by atoms with E-state index in [0.29, 0.717) is 5.46 Å². The Morgan fingerprint density at radius 1 is 0.652 bits per heavy atom. The molecule has 0 spiro atoms. The summed E-state index contributed by atoms with van der Waals surface area (Å²) in [4.78, 5) is 3.36. The first-order chi connectivity index (χ1) is 11.0. The Morgan fingerprint density at radius 2 is 0.957 bits per heavy atom. The maximum Gasteiger partial charge on any atom is 0.0742 e. The molecule has 0 atom stereocenters. The molecule has 0 saturated carbocycles. The Balaban J connectivity index is 0. The number of hydrogen-bond donors (Lipinski definition) is 2. The summed E-state index contributed by atoms with van der Waals surface area (Å²) in [5.41, 5.74) is 0.303. The van der Waals surface area contributed by atoms with E-state index in [-0.39, 0.29) is 0 Å². The molecule has 0 bridgehead atoms. The van der Waals surface area contributed by atoms with Gasteiger partial charge in [0.05, 0.1) is 39.3 Å². The van der Waals surface area contributed by atoms with Crippen molar-refractivity contribution in [2.75, 3.05) is 39.3 Å². The number of hydrogen-bond acceptors (Lipinski definition) is 2. The fraction of sp³-hybridized carbons (Fsp3) is 0.667. The Hall–Kier alpha value is -0.875. The summed E-state index contributed by atoms with van der Waals surface area (Å²) < 4.78 is 0. The van der Waals surface area contributed by atoms with Gasteiger partial charge in [0.25, 0.3) is 0 Å². The highest BCUT2D eigenvalue weighted by Crippen LogP contribution is 1.79. The zero-order valence-electron chi connectivity index (χ0n) is 16.0. The Bertz CT molecular complexity index is 306. The first-order valence-electron chi connectivity index (χ1n) is 9.03. The van der Waals surface area contributed by atoms with Gasteiger partial charge in [-0.05, 0) is 41.5 Å². The third kappa shape index (κ3) is 14.4. The zero-order valence-corrected chi connectivity index (χ0v) is 16.0. The van der Waals surface area contributed by atoms with Crippen molar-refractivity contribution in [1.29, 1.82) is 0 Å². The molecular formula is C18H37BN2O2. The van der Waals surface area contributed by atoms with Gasteiger partial charge in [-0.3, -0.25) is 0 Å². The summed E-state index contributed by atoms with van der Waals surface area (Å²) in [6.07, 6.45) is 0. The first-order valence-corrected chi connectivity index (χ1v) is 9.03. The van der Waals surface area contributed by atoms with Crippen molar-refractivity contribution < 1.29 is 19.8 Å². The number of nitrogens with one attached hydrogen (secondary N) is 2. The number of quaternary nitrogens is 2. The van der Waals surface area contributed by atoms with E-state index < -0.39 is 7.12 Å². The van der Waals surface area contributed by atoms with E-state index in [0.717, 1.165) is 0 Å². The van der Waals surface area contributed by atoms with Crippen LogP contribution in [0, 0.1) is 0 Å². The van der Waals surface area contributed by atoms with Crippen molar-refractivity contribution in [2.45, 2.75) is 41.5 Å². The molecule has 2 N–H and O–H groups in total. The van der Waals surface area contributed by atoms with E-state index in [1.54, 1.807) is 28.0 Å². The van der Waals surface area contributed by atoms with Gasteiger partial charge < -0.3 is 19.8 Å². The molecule has 0 aliphatic rings. The second kappa shape index (κ2) is 17.5. The zero-order chi connectivity index (χ0) is 18.1. The van der Waals surface area contributed by atoms with E-state index in [9.17, 15) is 10.0 Å². The third-order valence-corrected chi connectivity index (χ3v) is 4.07. The van der Waals surface area contributed by atoms with Gasteiger partial charge in [-0.25, -0.2) is 0 Å². The van der Waals surface area contributed by atoms with Crippen LogP contribution in [-0.4, -0.2) is 46.4 Å². The van der Waals surface area contributed by atoms with E-state index in [1.165, 1.54) is 51.4 Å². The Morgan fingerprint density at radius 3 is 1.09 bits per heavy atom. The Labute approximate surface area is 144 Å². The molecule has 0 radical (unpaired) electrons. The molecule has 23 heavy (non-hydrogen) atoms. The minimum Gasteiger partial charge on any atom is -0.889 e. The van der Waals surface area contributed by atoms with Crippen LogP contribution in [0.1, 0.15) is 41.5 Å². The van der Waals surface area contributed by atoms with Gasteiger partial charge in [0.15, 0.2) is 0 Å². The van der Waals surface area contributed by atoms with Crippen LogP contribution in [0.2, 0.25) is 0 Å². The molecule has 0 aliphatic carbocycles. The quantitative estimate of drug-likeness (QED) is 0.568. The maximum atomic E-state index is 10.2. The van der Waals surface area contributed by atoms with Gasteiger partial charge >= 0.3 is 0 Å². The van der Waals surface area contributed by atoms with Gasteiger partial charge in [0.2, 0.25) is 0 Å². The molecule has 1 rings (SSSR count). The molecule has 0 unspecified atom stereocenters. The lowest BCUT2D eigenvalue weighted by Crippen LogP contribution is -3.11. The van der Waals surface area contributed by atoms with Crippen molar-refractivity contribution in [3.05, 3.63) is 30.3 Å². The van der Waals surface area contributed by atoms with Gasteiger partial charge in [-0.2, -0.15) is 0 Å². The van der Waals surface area contributed by atoms with Crippen molar-refractivity contribution in [2.24, 2.45) is 0 Å². The molecule has 0 saturated heterocycles. The first kappa shape index (κ1) is 24.4. The predicted molar refractivity (Wildman–Crippen MR) is 97.0 cm³/mol. The van der Waals surface area contributed by atoms with Crippen molar-refractivity contribution in [3.8, 4) is 0 Å². The summed E-state index contributed by atoms with van der Waals surface area (Å²) >= 11 is 0. The normalized spacial score (nSPS) is 9.83. The smallest absolute Gasteiger partial charge is 0.0742 e. The highest BCUT2D eigenvalue weighted by Gasteiger charge is 1.93. The molecule has 0 aromatic heterocycles. The third-order valence-electron chi connectivity index (χ3n) is 4.07. The Kier molecular flexibility index (Phi) is 18.5. The SMILES string of the molecule is CC[NH+](CC)CC.CC[NH+](CC)CC.[O-]B([O-])c1ccccc1. The van der Waals surface area contributed by atoms with E-state index >= 15 is 0 Å². The average Bonchev–Trinajstić information content (AvgIpc) is 2.60. The van der Waals surface area contributed by atoms with Crippen LogP contribution in [0.15, 0.2) is 30.3 Å². The standard InChI is InChI=1S/C6H5BO2.2C6H15N/c8-7(9)6-4-2-1-3-5-6;2*1-4-7(5-2)6-3/h1-5H;2*4-6H2,1-3H3/q-2;;/p+2. The fourth-order valence-electron chi connectivity index (χ4n) is 2.11. The lowest BCUT2D eigenvalue weighted by atomic mass is 9.81. The highest BCUT2D eigenvalue weighted by atomic mass is 16.4. The molecular weight excluding hydrogens is 287 g/mol. The van der Waals surface area contributed by atoms with Crippen LogP contribution in [0.4, 0.5) is 0 Å². The lowest BCUT2D eigenvalue weighted by molar-refractivity contribution is -0.894. The van der Waals surface area contributed by atoms with Crippen molar-refractivity contribution >= 4 is 12.6 Å². The highest BCUT2D eigenvalue weighted by molar-refractivity contribution is 6.55. The van der Waals surface area contributed by atoms with Crippen molar-refractivity contribution in [3.63, 3.8) is 0 Å². The molecule has 1 aromatic carbocycles. The monoisotopic (exact) mass is 324 g/mol. The lowest BCUT2D eigenvalue weighted by Gasteiger charge is -2.26. The molecule has 5 heteroatoms. The average molecular weight is 324 g/mol. The van der Waals surface area contributed by atoms with Gasteiger partial charge in [-0.1, -0.05) is 37.5 Å². The fourth-order valence-corrected chi connectivity index (χ4v) is 2.11. The largest absolute Gasteiger partial charge is 0.889 e. The second-order valence-corrected chi connectivity index (χ2v) is 5.36. The maximum absolute atomic E-state index is 10.2. The molecule has 134 valence electrons.